The fraction of sp³-hybridized carbons (Fsp3) is 0.769. The summed E-state index contributed by atoms with van der Waals surface area (Å²) in [5.74, 6) is 0.0391. The topological polar surface area (TPSA) is 51.2 Å². The van der Waals surface area contributed by atoms with Crippen molar-refractivity contribution in [3.63, 3.8) is 0 Å². The van der Waals surface area contributed by atoms with Gasteiger partial charge in [0.2, 0.25) is 0 Å². The number of fused-ring (bicyclic) bond motifs is 3. The highest BCUT2D eigenvalue weighted by Crippen LogP contribution is 2.62. The van der Waals surface area contributed by atoms with Gasteiger partial charge >= 0.3 is 0 Å². The number of carbonyl (C=O) groups excluding carboxylic acids is 3. The summed E-state index contributed by atoms with van der Waals surface area (Å²) in [7, 11) is 0. The quantitative estimate of drug-likeness (QED) is 0.620. The van der Waals surface area contributed by atoms with Crippen LogP contribution < -0.4 is 0 Å². The van der Waals surface area contributed by atoms with Crippen LogP contribution in [-0.2, 0) is 14.4 Å². The molecule has 3 aliphatic carbocycles. The molecule has 3 fully saturated rings. The molecular formula is C13H16O3. The van der Waals surface area contributed by atoms with Crippen LogP contribution in [0.4, 0.5) is 0 Å². The fourth-order valence-electron chi connectivity index (χ4n) is 4.33. The minimum atomic E-state index is -0.369. The normalized spacial score (nSPS) is 51.0. The van der Waals surface area contributed by atoms with Gasteiger partial charge in [0.1, 0.15) is 17.3 Å². The molecule has 0 bridgehead atoms. The van der Waals surface area contributed by atoms with E-state index in [0.717, 1.165) is 6.42 Å². The third-order valence-corrected chi connectivity index (χ3v) is 5.40. The van der Waals surface area contributed by atoms with Gasteiger partial charge in [-0.15, -0.1) is 0 Å². The molecule has 2 unspecified atom stereocenters. The van der Waals surface area contributed by atoms with Crippen LogP contribution in [0, 0.1) is 29.1 Å². The van der Waals surface area contributed by atoms with Crippen LogP contribution in [0.2, 0.25) is 0 Å². The van der Waals surface area contributed by atoms with Gasteiger partial charge in [0, 0.05) is 36.5 Å². The maximum Gasteiger partial charge on any atom is 0.140 e. The molecule has 0 heterocycles. The summed E-state index contributed by atoms with van der Waals surface area (Å²) in [4.78, 5) is 35.9. The summed E-state index contributed by atoms with van der Waals surface area (Å²) < 4.78 is 0. The first-order valence-corrected chi connectivity index (χ1v) is 6.07. The molecule has 0 aromatic heterocycles. The number of Topliss-reactive ketones (excluding diaryl/α,β-unsaturated/α-hetero) is 3. The van der Waals surface area contributed by atoms with Crippen molar-refractivity contribution in [3.8, 4) is 0 Å². The molecule has 0 N–H and O–H groups in total. The largest absolute Gasteiger partial charge is 0.299 e. The van der Waals surface area contributed by atoms with Crippen molar-refractivity contribution >= 4 is 17.3 Å². The summed E-state index contributed by atoms with van der Waals surface area (Å²) in [6, 6.07) is 0. The van der Waals surface area contributed by atoms with E-state index in [4.69, 9.17) is 0 Å². The summed E-state index contributed by atoms with van der Waals surface area (Å²) in [5, 5.41) is 0. The van der Waals surface area contributed by atoms with E-state index in [1.165, 1.54) is 0 Å². The molecule has 0 saturated heterocycles. The number of hydrogen-bond acceptors (Lipinski definition) is 3. The maximum atomic E-state index is 12.2. The molecule has 5 atom stereocenters. The lowest BCUT2D eigenvalue weighted by molar-refractivity contribution is -0.129. The molecule has 0 amide bonds. The van der Waals surface area contributed by atoms with Gasteiger partial charge in [-0.2, -0.15) is 0 Å². The van der Waals surface area contributed by atoms with Crippen LogP contribution >= 0.6 is 0 Å². The van der Waals surface area contributed by atoms with E-state index >= 15 is 0 Å². The van der Waals surface area contributed by atoms with Crippen molar-refractivity contribution in [1.82, 2.24) is 0 Å². The smallest absolute Gasteiger partial charge is 0.140 e. The SMILES string of the molecule is CC1C(=O)CC2C(=O)[C@H]3CCC(=O)[C@H]3[C@]12C. The predicted molar refractivity (Wildman–Crippen MR) is 56.6 cm³/mol. The lowest BCUT2D eigenvalue weighted by atomic mass is 9.69. The van der Waals surface area contributed by atoms with Gasteiger partial charge in [0.25, 0.3) is 0 Å². The van der Waals surface area contributed by atoms with Gasteiger partial charge in [-0.05, 0) is 11.8 Å². The minimum Gasteiger partial charge on any atom is -0.299 e. The molecule has 3 heteroatoms. The van der Waals surface area contributed by atoms with Crippen molar-refractivity contribution in [3.05, 3.63) is 0 Å². The zero-order chi connectivity index (χ0) is 11.7. The molecule has 0 aromatic rings. The Morgan fingerprint density at radius 3 is 2.56 bits per heavy atom. The second-order valence-electron chi connectivity index (χ2n) is 5.80. The lowest BCUT2D eigenvalue weighted by Gasteiger charge is -2.32. The number of carbonyl (C=O) groups is 3. The molecule has 86 valence electrons. The molecule has 0 spiro atoms. The van der Waals surface area contributed by atoms with Gasteiger partial charge < -0.3 is 0 Å². The maximum absolute atomic E-state index is 12.2. The highest BCUT2D eigenvalue weighted by Gasteiger charge is 2.67. The number of hydrogen-bond donors (Lipinski definition) is 0. The monoisotopic (exact) mass is 220 g/mol. The molecule has 3 saturated carbocycles. The van der Waals surface area contributed by atoms with E-state index < -0.39 is 0 Å². The first-order chi connectivity index (χ1) is 7.48. The van der Waals surface area contributed by atoms with Gasteiger partial charge in [-0.1, -0.05) is 13.8 Å². The third kappa shape index (κ3) is 0.886. The third-order valence-electron chi connectivity index (χ3n) is 5.40. The van der Waals surface area contributed by atoms with Crippen LogP contribution in [0.1, 0.15) is 33.1 Å². The van der Waals surface area contributed by atoms with Crippen LogP contribution in [-0.4, -0.2) is 17.3 Å². The Kier molecular flexibility index (Phi) is 1.79. The highest BCUT2D eigenvalue weighted by molar-refractivity contribution is 6.04. The van der Waals surface area contributed by atoms with Crippen LogP contribution in [0.5, 0.6) is 0 Å². The molecule has 3 aliphatic rings. The Bertz CT molecular complexity index is 411. The molecule has 16 heavy (non-hydrogen) atoms. The lowest BCUT2D eigenvalue weighted by Crippen LogP contribution is -2.35. The van der Waals surface area contributed by atoms with E-state index in [9.17, 15) is 14.4 Å². The first-order valence-electron chi connectivity index (χ1n) is 6.07. The number of rotatable bonds is 0. The van der Waals surface area contributed by atoms with Crippen molar-refractivity contribution in [2.75, 3.05) is 0 Å². The van der Waals surface area contributed by atoms with Crippen molar-refractivity contribution in [1.29, 1.82) is 0 Å². The molecule has 0 radical (unpaired) electrons. The van der Waals surface area contributed by atoms with Crippen LogP contribution in [0.15, 0.2) is 0 Å². The van der Waals surface area contributed by atoms with Gasteiger partial charge in [-0.25, -0.2) is 0 Å². The zero-order valence-corrected chi connectivity index (χ0v) is 9.66. The number of ketones is 3. The Balaban J connectivity index is 2.12. The summed E-state index contributed by atoms with van der Waals surface area (Å²) in [6.45, 7) is 3.88. The van der Waals surface area contributed by atoms with Crippen LogP contribution in [0.25, 0.3) is 0 Å². The average Bonchev–Trinajstić information content (AvgIpc) is 2.79. The van der Waals surface area contributed by atoms with Crippen molar-refractivity contribution < 1.29 is 14.4 Å². The molecule has 3 rings (SSSR count). The molecule has 0 aromatic carbocycles. The second kappa shape index (κ2) is 2.82. The first kappa shape index (κ1) is 10.2. The van der Waals surface area contributed by atoms with E-state index in [1.54, 1.807) is 0 Å². The summed E-state index contributed by atoms with van der Waals surface area (Å²) in [6.07, 6.45) is 1.62. The summed E-state index contributed by atoms with van der Waals surface area (Å²) >= 11 is 0. The molecule has 0 aliphatic heterocycles. The highest BCUT2D eigenvalue weighted by atomic mass is 16.1. The van der Waals surface area contributed by atoms with Gasteiger partial charge in [-0.3, -0.25) is 14.4 Å². The van der Waals surface area contributed by atoms with Crippen LogP contribution in [0.3, 0.4) is 0 Å². The Labute approximate surface area is 94.6 Å². The molecular weight excluding hydrogens is 204 g/mol. The standard InChI is InChI=1S/C13H16O3/c1-6-10(15)5-8-12(16)7-3-4-9(14)11(7)13(6,8)2/h6-8,11H,3-5H2,1-2H3/t6?,7-,8?,11-,13+/m0/s1. The van der Waals surface area contributed by atoms with Crippen molar-refractivity contribution in [2.45, 2.75) is 33.1 Å². The van der Waals surface area contributed by atoms with E-state index in [0.29, 0.717) is 12.8 Å². The fourth-order valence-corrected chi connectivity index (χ4v) is 4.33. The average molecular weight is 220 g/mol. The van der Waals surface area contributed by atoms with Gasteiger partial charge in [0.15, 0.2) is 0 Å². The zero-order valence-electron chi connectivity index (χ0n) is 9.66. The van der Waals surface area contributed by atoms with E-state index in [1.807, 2.05) is 13.8 Å². The van der Waals surface area contributed by atoms with Crippen molar-refractivity contribution in [2.24, 2.45) is 29.1 Å². The molecule has 3 nitrogen and oxygen atoms in total. The van der Waals surface area contributed by atoms with Gasteiger partial charge in [0.05, 0.1) is 0 Å². The summed E-state index contributed by atoms with van der Waals surface area (Å²) in [5.41, 5.74) is -0.369. The Morgan fingerprint density at radius 2 is 1.88 bits per heavy atom. The van der Waals surface area contributed by atoms with E-state index in [2.05, 4.69) is 0 Å². The Morgan fingerprint density at radius 1 is 1.19 bits per heavy atom. The minimum absolute atomic E-state index is 0.0713. The Hall–Kier alpha value is -0.990. The van der Waals surface area contributed by atoms with E-state index in [-0.39, 0.29) is 46.4 Å². The second-order valence-corrected chi connectivity index (χ2v) is 5.80. The predicted octanol–water partition coefficient (Wildman–Crippen LogP) is 1.40.